The number of guanidine groups is 2. The summed E-state index contributed by atoms with van der Waals surface area (Å²) in [5.41, 5.74) is 21.2. The molecule has 200 valence electrons. The number of carbonyl (C=O) groups excluding carboxylic acids is 5. The van der Waals surface area contributed by atoms with E-state index in [2.05, 4.69) is 20.6 Å². The van der Waals surface area contributed by atoms with Crippen LogP contribution in [0.4, 0.5) is 0 Å². The van der Waals surface area contributed by atoms with Gasteiger partial charge in [0.15, 0.2) is 11.9 Å². The number of aldehydes is 1. The topological polar surface area (TPSA) is 241 Å². The number of nitrogens with two attached hydrogens (primary N) is 4. The molecule has 0 aromatic carbocycles. The van der Waals surface area contributed by atoms with Crippen LogP contribution in [-0.4, -0.2) is 77.9 Å². The lowest BCUT2D eigenvalue weighted by Gasteiger charge is -2.28. The highest BCUT2D eigenvalue weighted by Crippen LogP contribution is 2.16. The Hall–Kier alpha value is -3.97. The standard InChI is InChI=1S/C22H37N9O5/c1-13(2)11-15(19(35)29-14(12-32)5-3-9-27-21(23)24)30-20(36)16(6-4-10-28-22(25)26)31-17(33)7-8-18(31)34/h7-8,12-16H,3-6,9-11H2,1-2H3,(H,29,35)(H,30,36)(H4,23,24,27)(H4,25,26,28)/t14-,15-,16-/m0/s1. The van der Waals surface area contributed by atoms with E-state index in [9.17, 15) is 24.0 Å². The van der Waals surface area contributed by atoms with E-state index in [1.54, 1.807) is 0 Å². The molecule has 0 saturated carbocycles. The zero-order valence-electron chi connectivity index (χ0n) is 20.7. The highest BCUT2D eigenvalue weighted by atomic mass is 16.2. The van der Waals surface area contributed by atoms with Gasteiger partial charge < -0.3 is 38.4 Å². The van der Waals surface area contributed by atoms with E-state index >= 15 is 0 Å². The molecule has 1 rings (SSSR count). The van der Waals surface area contributed by atoms with Crippen molar-refractivity contribution in [3.63, 3.8) is 0 Å². The Bertz CT molecular complexity index is 874. The van der Waals surface area contributed by atoms with Gasteiger partial charge in [-0.2, -0.15) is 0 Å². The molecule has 1 aliphatic heterocycles. The maximum absolute atomic E-state index is 13.2. The van der Waals surface area contributed by atoms with Crippen LogP contribution in [0.5, 0.6) is 0 Å². The lowest BCUT2D eigenvalue weighted by atomic mass is 10.0. The maximum Gasteiger partial charge on any atom is 0.254 e. The molecule has 1 heterocycles. The third-order valence-electron chi connectivity index (χ3n) is 5.19. The molecule has 0 spiro atoms. The van der Waals surface area contributed by atoms with Crippen molar-refractivity contribution in [3.8, 4) is 0 Å². The van der Waals surface area contributed by atoms with Gasteiger partial charge >= 0.3 is 0 Å². The van der Waals surface area contributed by atoms with Crippen LogP contribution < -0.4 is 33.6 Å². The van der Waals surface area contributed by atoms with Crippen molar-refractivity contribution >= 4 is 41.8 Å². The average Bonchev–Trinajstić information content (AvgIpc) is 3.12. The van der Waals surface area contributed by atoms with Gasteiger partial charge in [-0.3, -0.25) is 34.1 Å². The summed E-state index contributed by atoms with van der Waals surface area (Å²) in [6.07, 6.45) is 4.15. The predicted octanol–water partition coefficient (Wildman–Crippen LogP) is -2.40. The van der Waals surface area contributed by atoms with E-state index in [1.807, 2.05) is 13.8 Å². The molecule has 0 bridgehead atoms. The summed E-state index contributed by atoms with van der Waals surface area (Å²) in [4.78, 5) is 70.7. The molecule has 10 N–H and O–H groups in total. The van der Waals surface area contributed by atoms with Crippen LogP contribution in [0, 0.1) is 5.92 Å². The molecule has 0 aromatic rings. The SMILES string of the molecule is CC(C)C[C@H](NC(=O)[C@H](CCCN=C(N)N)N1C(=O)C=CC1=O)C(=O)N[C@H](C=O)CCCN=C(N)N. The molecule has 4 amide bonds. The molecule has 1 aliphatic rings. The minimum Gasteiger partial charge on any atom is -0.370 e. The van der Waals surface area contributed by atoms with Crippen LogP contribution in [0.2, 0.25) is 0 Å². The summed E-state index contributed by atoms with van der Waals surface area (Å²) < 4.78 is 0. The molecule has 36 heavy (non-hydrogen) atoms. The largest absolute Gasteiger partial charge is 0.370 e. The predicted molar refractivity (Wildman–Crippen MR) is 134 cm³/mol. The number of hydrogen-bond donors (Lipinski definition) is 6. The number of carbonyl (C=O) groups is 5. The Kier molecular flexibility index (Phi) is 12.6. The summed E-state index contributed by atoms with van der Waals surface area (Å²) in [6, 6.07) is -2.98. The van der Waals surface area contributed by atoms with Crippen LogP contribution >= 0.6 is 0 Å². The van der Waals surface area contributed by atoms with Gasteiger partial charge in [-0.05, 0) is 38.0 Å². The molecular weight excluding hydrogens is 470 g/mol. The summed E-state index contributed by atoms with van der Waals surface area (Å²) in [6.45, 7) is 4.21. The first-order valence-corrected chi connectivity index (χ1v) is 11.7. The first kappa shape index (κ1) is 30.1. The Morgan fingerprint density at radius 2 is 1.44 bits per heavy atom. The summed E-state index contributed by atoms with van der Waals surface area (Å²) >= 11 is 0. The molecule has 0 aliphatic carbocycles. The van der Waals surface area contributed by atoms with Crippen molar-refractivity contribution < 1.29 is 24.0 Å². The van der Waals surface area contributed by atoms with Gasteiger partial charge in [0.05, 0.1) is 6.04 Å². The van der Waals surface area contributed by atoms with Crippen LogP contribution in [0.15, 0.2) is 22.1 Å². The first-order valence-electron chi connectivity index (χ1n) is 11.7. The second-order valence-electron chi connectivity index (χ2n) is 8.74. The van der Waals surface area contributed by atoms with Crippen LogP contribution in [0.25, 0.3) is 0 Å². The highest BCUT2D eigenvalue weighted by molar-refractivity contribution is 6.15. The van der Waals surface area contributed by atoms with Crippen LogP contribution in [0.3, 0.4) is 0 Å². The summed E-state index contributed by atoms with van der Waals surface area (Å²) in [7, 11) is 0. The number of imide groups is 1. The second-order valence-corrected chi connectivity index (χ2v) is 8.74. The zero-order chi connectivity index (χ0) is 27.3. The highest BCUT2D eigenvalue weighted by Gasteiger charge is 2.37. The van der Waals surface area contributed by atoms with E-state index in [-0.39, 0.29) is 37.2 Å². The number of nitrogens with zero attached hydrogens (tertiary/aromatic N) is 3. The lowest BCUT2D eigenvalue weighted by molar-refractivity contribution is -0.146. The van der Waals surface area contributed by atoms with Crippen molar-refractivity contribution in [1.82, 2.24) is 15.5 Å². The van der Waals surface area contributed by atoms with Crippen LogP contribution in [-0.2, 0) is 24.0 Å². The molecule has 14 nitrogen and oxygen atoms in total. The molecule has 0 saturated heterocycles. The number of hydrogen-bond acceptors (Lipinski definition) is 7. The monoisotopic (exact) mass is 507 g/mol. The maximum atomic E-state index is 13.2. The summed E-state index contributed by atoms with van der Waals surface area (Å²) in [5, 5.41) is 5.27. The molecule has 0 unspecified atom stereocenters. The van der Waals surface area contributed by atoms with Gasteiger partial charge in [-0.25, -0.2) is 0 Å². The quantitative estimate of drug-likeness (QED) is 0.0428. The van der Waals surface area contributed by atoms with Gasteiger partial charge in [-0.1, -0.05) is 13.8 Å². The van der Waals surface area contributed by atoms with Crippen molar-refractivity contribution in [1.29, 1.82) is 0 Å². The Morgan fingerprint density at radius 1 is 0.917 bits per heavy atom. The van der Waals surface area contributed by atoms with Crippen molar-refractivity contribution in [2.45, 2.75) is 64.1 Å². The van der Waals surface area contributed by atoms with Crippen LogP contribution in [0.1, 0.15) is 46.0 Å². The lowest BCUT2D eigenvalue weighted by Crippen LogP contribution is -2.56. The van der Waals surface area contributed by atoms with E-state index in [4.69, 9.17) is 22.9 Å². The fourth-order valence-corrected chi connectivity index (χ4v) is 3.54. The van der Waals surface area contributed by atoms with Crippen molar-refractivity contribution in [2.24, 2.45) is 38.8 Å². The molecule has 3 atom stereocenters. The smallest absolute Gasteiger partial charge is 0.254 e. The third-order valence-corrected chi connectivity index (χ3v) is 5.19. The minimum atomic E-state index is -1.17. The number of nitrogens with one attached hydrogen (secondary N) is 2. The van der Waals surface area contributed by atoms with Gasteiger partial charge in [0.2, 0.25) is 11.8 Å². The van der Waals surface area contributed by atoms with E-state index in [1.165, 1.54) is 0 Å². The minimum absolute atomic E-state index is 0.00892. The van der Waals surface area contributed by atoms with E-state index in [0.717, 1.165) is 17.1 Å². The molecule has 0 radical (unpaired) electrons. The number of amides is 4. The van der Waals surface area contributed by atoms with Crippen molar-refractivity contribution in [3.05, 3.63) is 12.2 Å². The number of aliphatic imine (C=N–C) groups is 2. The van der Waals surface area contributed by atoms with Gasteiger partial charge in [-0.15, -0.1) is 0 Å². The Balaban J connectivity index is 2.95. The van der Waals surface area contributed by atoms with E-state index in [0.29, 0.717) is 32.1 Å². The molecule has 0 aromatic heterocycles. The van der Waals surface area contributed by atoms with Gasteiger partial charge in [0.25, 0.3) is 11.8 Å². The number of rotatable bonds is 16. The zero-order valence-corrected chi connectivity index (χ0v) is 20.7. The Labute approximate surface area is 210 Å². The second kappa shape index (κ2) is 15.1. The van der Waals surface area contributed by atoms with E-state index < -0.39 is 41.8 Å². The first-order chi connectivity index (χ1) is 17.0. The van der Waals surface area contributed by atoms with Gasteiger partial charge in [0, 0.05) is 25.2 Å². The Morgan fingerprint density at radius 3 is 1.92 bits per heavy atom. The van der Waals surface area contributed by atoms with Crippen molar-refractivity contribution in [2.75, 3.05) is 13.1 Å². The average molecular weight is 508 g/mol. The third kappa shape index (κ3) is 10.5. The molecule has 0 fully saturated rings. The fourth-order valence-electron chi connectivity index (χ4n) is 3.54. The molecule has 14 heteroatoms. The van der Waals surface area contributed by atoms with Gasteiger partial charge in [0.1, 0.15) is 18.4 Å². The molecular formula is C22H37N9O5. The fraction of sp³-hybridized carbons (Fsp3) is 0.591. The summed E-state index contributed by atoms with van der Waals surface area (Å²) in [5.74, 6) is -2.69. The normalized spacial score (nSPS) is 15.2.